The van der Waals surface area contributed by atoms with Crippen molar-refractivity contribution in [1.82, 2.24) is 20.1 Å². The summed E-state index contributed by atoms with van der Waals surface area (Å²) in [6, 6.07) is 23.5. The quantitative estimate of drug-likeness (QED) is 0.233. The molecule has 0 aliphatic rings. The molecule has 1 amide bonds. The molecule has 0 saturated carbocycles. The molecule has 0 radical (unpaired) electrons. The summed E-state index contributed by atoms with van der Waals surface area (Å²) in [5, 5.41) is 23.1. The lowest BCUT2D eigenvalue weighted by molar-refractivity contribution is -0.384. The average Bonchev–Trinajstić information content (AvgIpc) is 3.24. The van der Waals surface area contributed by atoms with Gasteiger partial charge < -0.3 is 5.32 Å². The highest BCUT2D eigenvalue weighted by Crippen LogP contribution is 2.26. The number of nitro benzene ring substituents is 1. The van der Waals surface area contributed by atoms with Crippen LogP contribution in [-0.2, 0) is 12.3 Å². The highest BCUT2D eigenvalue weighted by atomic mass is 32.2. The van der Waals surface area contributed by atoms with E-state index in [1.165, 1.54) is 23.9 Å². The summed E-state index contributed by atoms with van der Waals surface area (Å²) in [5.41, 5.74) is 3.48. The van der Waals surface area contributed by atoms with Crippen molar-refractivity contribution >= 4 is 23.4 Å². The van der Waals surface area contributed by atoms with E-state index in [4.69, 9.17) is 0 Å². The molecule has 3 aromatic carbocycles. The van der Waals surface area contributed by atoms with E-state index in [2.05, 4.69) is 15.5 Å². The molecule has 9 heteroatoms. The van der Waals surface area contributed by atoms with Crippen molar-refractivity contribution in [3.63, 3.8) is 0 Å². The number of thioether (sulfide) groups is 1. The van der Waals surface area contributed by atoms with Crippen molar-refractivity contribution in [2.24, 2.45) is 0 Å². The number of carbonyl (C=O) groups excluding carboxylic acids is 1. The lowest BCUT2D eigenvalue weighted by Gasteiger charge is -2.11. The van der Waals surface area contributed by atoms with Crippen molar-refractivity contribution < 1.29 is 9.72 Å². The topological polar surface area (TPSA) is 103 Å². The first-order valence-corrected chi connectivity index (χ1v) is 11.2. The van der Waals surface area contributed by atoms with Crippen molar-refractivity contribution in [2.45, 2.75) is 24.4 Å². The molecule has 0 unspecified atom stereocenters. The van der Waals surface area contributed by atoms with Gasteiger partial charge in [0, 0.05) is 29.1 Å². The number of carbonyl (C=O) groups is 1. The van der Waals surface area contributed by atoms with Crippen LogP contribution in [0, 0.1) is 17.0 Å². The van der Waals surface area contributed by atoms with Gasteiger partial charge in [0.1, 0.15) is 0 Å². The van der Waals surface area contributed by atoms with E-state index in [1.54, 1.807) is 18.2 Å². The van der Waals surface area contributed by atoms with Crippen LogP contribution in [-0.4, -0.2) is 25.6 Å². The number of hydrogen-bond acceptors (Lipinski definition) is 6. The van der Waals surface area contributed by atoms with Crippen molar-refractivity contribution in [2.75, 3.05) is 0 Å². The van der Waals surface area contributed by atoms with Gasteiger partial charge >= 0.3 is 0 Å². The standard InChI is InChI=1S/C24H21N5O3S/c1-17-6-5-7-19(14-17)23(30)25-15-22-26-27-24(28(22)20-8-3-2-4-9-20)33-16-18-10-12-21(13-11-18)29(31)32/h2-14H,15-16H2,1H3,(H,25,30). The maximum atomic E-state index is 12.6. The molecule has 0 aliphatic heterocycles. The van der Waals surface area contributed by atoms with Gasteiger partial charge in [0.25, 0.3) is 11.6 Å². The van der Waals surface area contributed by atoms with Crippen molar-refractivity contribution in [1.29, 1.82) is 0 Å². The molecule has 1 heterocycles. The van der Waals surface area contributed by atoms with Gasteiger partial charge in [-0.2, -0.15) is 0 Å². The molecule has 0 atom stereocenters. The van der Waals surface area contributed by atoms with Gasteiger partial charge in [0.05, 0.1) is 11.5 Å². The number of para-hydroxylation sites is 1. The van der Waals surface area contributed by atoms with Gasteiger partial charge in [0.2, 0.25) is 0 Å². The average molecular weight is 460 g/mol. The zero-order valence-electron chi connectivity index (χ0n) is 17.8. The molecule has 1 N–H and O–H groups in total. The minimum atomic E-state index is -0.416. The number of nitro groups is 1. The zero-order valence-corrected chi connectivity index (χ0v) is 18.7. The maximum Gasteiger partial charge on any atom is 0.269 e. The molecular weight excluding hydrogens is 438 g/mol. The fraction of sp³-hybridized carbons (Fsp3) is 0.125. The van der Waals surface area contributed by atoms with Crippen LogP contribution in [0.5, 0.6) is 0 Å². The van der Waals surface area contributed by atoms with Crippen LogP contribution in [0.1, 0.15) is 27.3 Å². The molecule has 4 rings (SSSR count). The second kappa shape index (κ2) is 10.1. The third-order valence-electron chi connectivity index (χ3n) is 4.92. The van der Waals surface area contributed by atoms with Crippen LogP contribution in [0.3, 0.4) is 0 Å². The molecule has 33 heavy (non-hydrogen) atoms. The monoisotopic (exact) mass is 459 g/mol. The molecule has 8 nitrogen and oxygen atoms in total. The summed E-state index contributed by atoms with van der Waals surface area (Å²) in [6.07, 6.45) is 0. The van der Waals surface area contributed by atoms with E-state index in [-0.39, 0.29) is 18.1 Å². The number of amides is 1. The molecule has 1 aromatic heterocycles. The number of nitrogens with zero attached hydrogens (tertiary/aromatic N) is 4. The number of hydrogen-bond donors (Lipinski definition) is 1. The van der Waals surface area contributed by atoms with Crippen LogP contribution in [0.2, 0.25) is 0 Å². The summed E-state index contributed by atoms with van der Waals surface area (Å²) in [7, 11) is 0. The van der Waals surface area contributed by atoms with Gasteiger partial charge in [0.15, 0.2) is 11.0 Å². The van der Waals surface area contributed by atoms with Gasteiger partial charge in [-0.25, -0.2) is 0 Å². The Morgan fingerprint density at radius 1 is 1.03 bits per heavy atom. The first-order chi connectivity index (χ1) is 16.0. The Balaban J connectivity index is 1.53. The van der Waals surface area contributed by atoms with Gasteiger partial charge in [-0.15, -0.1) is 10.2 Å². The van der Waals surface area contributed by atoms with Crippen LogP contribution < -0.4 is 5.32 Å². The van der Waals surface area contributed by atoms with Gasteiger partial charge in [-0.3, -0.25) is 19.5 Å². The predicted octanol–water partition coefficient (Wildman–Crippen LogP) is 4.71. The van der Waals surface area contributed by atoms with Crippen LogP contribution >= 0.6 is 11.8 Å². The number of rotatable bonds is 8. The fourth-order valence-corrected chi connectivity index (χ4v) is 4.18. The predicted molar refractivity (Wildman–Crippen MR) is 126 cm³/mol. The van der Waals surface area contributed by atoms with Crippen LogP contribution in [0.25, 0.3) is 5.69 Å². The number of aryl methyl sites for hydroxylation is 1. The lowest BCUT2D eigenvalue weighted by atomic mass is 10.1. The molecular formula is C24H21N5O3S. The van der Waals surface area contributed by atoms with Crippen molar-refractivity contribution in [3.05, 3.63) is 111 Å². The fourth-order valence-electron chi connectivity index (χ4n) is 3.25. The second-order valence-corrected chi connectivity index (χ2v) is 8.28. The van der Waals surface area contributed by atoms with E-state index < -0.39 is 4.92 Å². The van der Waals surface area contributed by atoms with Gasteiger partial charge in [-0.1, -0.05) is 59.8 Å². The Morgan fingerprint density at radius 3 is 2.48 bits per heavy atom. The molecule has 0 bridgehead atoms. The van der Waals surface area contributed by atoms with E-state index in [1.807, 2.05) is 60.0 Å². The smallest absolute Gasteiger partial charge is 0.269 e. The third kappa shape index (κ3) is 5.45. The van der Waals surface area contributed by atoms with E-state index in [0.29, 0.717) is 22.3 Å². The maximum absolute atomic E-state index is 12.6. The first kappa shape index (κ1) is 22.2. The third-order valence-corrected chi connectivity index (χ3v) is 5.92. The molecule has 0 spiro atoms. The van der Waals surface area contributed by atoms with Crippen LogP contribution in [0.15, 0.2) is 84.0 Å². The highest BCUT2D eigenvalue weighted by molar-refractivity contribution is 7.98. The SMILES string of the molecule is Cc1cccc(C(=O)NCc2nnc(SCc3ccc([N+](=O)[O-])cc3)n2-c2ccccc2)c1. The van der Waals surface area contributed by atoms with Crippen molar-refractivity contribution in [3.8, 4) is 5.69 Å². The molecule has 0 saturated heterocycles. The summed E-state index contributed by atoms with van der Waals surface area (Å²) in [5.74, 6) is 0.994. The Labute approximate surface area is 194 Å². The Morgan fingerprint density at radius 2 is 1.79 bits per heavy atom. The van der Waals surface area contributed by atoms with E-state index in [0.717, 1.165) is 16.8 Å². The number of aromatic nitrogens is 3. The second-order valence-electron chi connectivity index (χ2n) is 7.33. The molecule has 4 aromatic rings. The Bertz CT molecular complexity index is 1270. The summed E-state index contributed by atoms with van der Waals surface area (Å²) >= 11 is 1.47. The highest BCUT2D eigenvalue weighted by Gasteiger charge is 2.16. The lowest BCUT2D eigenvalue weighted by Crippen LogP contribution is -2.24. The molecule has 0 fully saturated rings. The number of non-ortho nitro benzene ring substituents is 1. The minimum absolute atomic E-state index is 0.0582. The molecule has 0 aliphatic carbocycles. The normalized spacial score (nSPS) is 10.7. The van der Waals surface area contributed by atoms with E-state index in [9.17, 15) is 14.9 Å². The minimum Gasteiger partial charge on any atom is -0.345 e. The summed E-state index contributed by atoms with van der Waals surface area (Å²) in [6.45, 7) is 2.16. The van der Waals surface area contributed by atoms with Gasteiger partial charge in [-0.05, 0) is 36.8 Å². The summed E-state index contributed by atoms with van der Waals surface area (Å²) < 4.78 is 1.91. The molecule has 166 valence electrons. The number of nitrogens with one attached hydrogen (secondary N) is 1. The largest absolute Gasteiger partial charge is 0.345 e. The summed E-state index contributed by atoms with van der Waals surface area (Å²) in [4.78, 5) is 23.0. The van der Waals surface area contributed by atoms with E-state index >= 15 is 0 Å². The Hall–Kier alpha value is -3.98. The number of benzene rings is 3. The Kier molecular flexibility index (Phi) is 6.80. The zero-order chi connectivity index (χ0) is 23.2. The first-order valence-electron chi connectivity index (χ1n) is 10.2. The van der Waals surface area contributed by atoms with Crippen LogP contribution in [0.4, 0.5) is 5.69 Å².